The minimum atomic E-state index is -3.85. The fourth-order valence-electron chi connectivity index (χ4n) is 3.56. The minimum absolute atomic E-state index is 0.184. The van der Waals surface area contributed by atoms with Gasteiger partial charge in [0.05, 0.1) is 12.7 Å². The number of H-pyrrole nitrogens is 1. The highest BCUT2D eigenvalue weighted by Crippen LogP contribution is 2.49. The zero-order valence-electron chi connectivity index (χ0n) is 20.8. The summed E-state index contributed by atoms with van der Waals surface area (Å²) >= 11 is 11.2. The van der Waals surface area contributed by atoms with E-state index < -0.39 is 78.1 Å². The average Bonchev–Trinajstić information content (AvgIpc) is 3.11. The average molecular weight is 614 g/mol. The van der Waals surface area contributed by atoms with Crippen LogP contribution in [-0.2, 0) is 30.6 Å². The third kappa shape index (κ3) is 7.11. The molecule has 1 aliphatic rings. The van der Waals surface area contributed by atoms with Crippen LogP contribution in [0, 0.1) is 0 Å². The van der Waals surface area contributed by atoms with Crippen molar-refractivity contribution in [2.45, 2.75) is 63.4 Å². The molecule has 0 spiro atoms. The first-order valence-corrected chi connectivity index (χ1v) is 14.5. The van der Waals surface area contributed by atoms with Crippen LogP contribution >= 0.6 is 18.2 Å². The normalized spacial score (nSPS) is 25.4. The Balaban J connectivity index is 1.92. The summed E-state index contributed by atoms with van der Waals surface area (Å²) < 4.78 is 51.4. The maximum absolute atomic E-state index is 14.5. The molecule has 1 fully saturated rings. The molecule has 6 atom stereocenters. The third-order valence-electron chi connectivity index (χ3n) is 5.51. The lowest BCUT2D eigenvalue weighted by Gasteiger charge is -2.34. The highest BCUT2D eigenvalue weighted by molar-refractivity contribution is 8.09. The van der Waals surface area contributed by atoms with Crippen LogP contribution in [0.5, 0.6) is 5.75 Å². The van der Waals surface area contributed by atoms with E-state index >= 15 is 0 Å². The van der Waals surface area contributed by atoms with E-state index in [0.29, 0.717) is 4.57 Å². The Bertz CT molecular complexity index is 1330. The molecule has 216 valence electrons. The van der Waals surface area contributed by atoms with E-state index in [1.807, 2.05) is 4.98 Å². The SMILES string of the molecule is CC(C)OC(=O)[C@H](C)NP(=S)(OC[C@@]1(C(F)F)O[C@@H](n2cc(Cl)c(=O)[nH]c2=O)[C@@H](O)[C@@H]1O)Oc1ccccc1. The van der Waals surface area contributed by atoms with Gasteiger partial charge < -0.3 is 28.7 Å². The first kappa shape index (κ1) is 31.3. The summed E-state index contributed by atoms with van der Waals surface area (Å²) in [6, 6.07) is 6.85. The summed E-state index contributed by atoms with van der Waals surface area (Å²) in [5.74, 6) is -0.533. The Labute approximate surface area is 231 Å². The van der Waals surface area contributed by atoms with Crippen LogP contribution in [0.15, 0.2) is 46.1 Å². The van der Waals surface area contributed by atoms with Crippen molar-refractivity contribution in [2.75, 3.05) is 6.61 Å². The minimum Gasteiger partial charge on any atom is -0.462 e. The molecule has 0 radical (unpaired) electrons. The highest BCUT2D eigenvalue weighted by atomic mass is 35.5. The van der Waals surface area contributed by atoms with Gasteiger partial charge in [-0.1, -0.05) is 29.8 Å². The lowest BCUT2D eigenvalue weighted by atomic mass is 9.96. The first-order chi connectivity index (χ1) is 18.2. The topological polar surface area (TPSA) is 161 Å². The van der Waals surface area contributed by atoms with Gasteiger partial charge in [0.1, 0.15) is 29.0 Å². The predicted molar refractivity (Wildman–Crippen MR) is 138 cm³/mol. The zero-order chi connectivity index (χ0) is 29.1. The van der Waals surface area contributed by atoms with Crippen LogP contribution in [0.4, 0.5) is 8.78 Å². The van der Waals surface area contributed by atoms with Gasteiger partial charge >= 0.3 is 18.3 Å². The number of aromatic amines is 1. The quantitative estimate of drug-likeness (QED) is 0.216. The Morgan fingerprint density at radius 2 is 1.92 bits per heavy atom. The number of nitrogens with one attached hydrogen (secondary N) is 2. The standard InChI is InChI=1S/C22H27ClF2N3O9PS/c1-11(2)35-19(32)12(3)27-38(39,37-13-7-5-4-6-8-13)34-10-22(20(24)25)16(30)15(29)18(36-22)28-9-14(23)17(31)26-21(28)33/h4-9,11-12,15-16,18,20,29-30H,10H2,1-3H3,(H,27,39)(H,26,31,33)/t12-,15-,16-,18+,22+,38?/m0/s1. The molecule has 0 bridgehead atoms. The molecular weight excluding hydrogens is 587 g/mol. The largest absolute Gasteiger partial charge is 0.462 e. The number of hydrogen-bond donors (Lipinski definition) is 4. The van der Waals surface area contributed by atoms with Crippen LogP contribution < -0.4 is 20.9 Å². The maximum Gasteiger partial charge on any atom is 0.330 e. The lowest BCUT2D eigenvalue weighted by Crippen LogP contribution is -2.53. The van der Waals surface area contributed by atoms with E-state index in [1.54, 1.807) is 32.0 Å². The first-order valence-electron chi connectivity index (χ1n) is 11.5. The van der Waals surface area contributed by atoms with Gasteiger partial charge in [-0.2, -0.15) is 0 Å². The van der Waals surface area contributed by atoms with Crippen molar-refractivity contribution in [2.24, 2.45) is 0 Å². The van der Waals surface area contributed by atoms with Gasteiger partial charge in [-0.05, 0) is 44.7 Å². The van der Waals surface area contributed by atoms with Gasteiger partial charge in [0.15, 0.2) is 11.8 Å². The number of aliphatic hydroxyl groups is 2. The van der Waals surface area contributed by atoms with Crippen LogP contribution in [0.3, 0.4) is 0 Å². The van der Waals surface area contributed by atoms with Crippen molar-refractivity contribution >= 4 is 36.0 Å². The summed E-state index contributed by atoms with van der Waals surface area (Å²) in [6.45, 7) is -0.333. The second-order valence-electron chi connectivity index (χ2n) is 8.85. The molecule has 0 amide bonds. The molecule has 4 N–H and O–H groups in total. The molecule has 0 saturated carbocycles. The monoisotopic (exact) mass is 613 g/mol. The summed E-state index contributed by atoms with van der Waals surface area (Å²) in [4.78, 5) is 38.1. The number of hydrogen-bond acceptors (Lipinski definition) is 10. The second kappa shape index (κ2) is 12.5. The van der Waals surface area contributed by atoms with Gasteiger partial charge in [0.2, 0.25) is 0 Å². The summed E-state index contributed by atoms with van der Waals surface area (Å²) in [6.07, 6.45) is -9.43. The van der Waals surface area contributed by atoms with Crippen molar-refractivity contribution in [3.05, 3.63) is 62.4 Å². The van der Waals surface area contributed by atoms with E-state index in [9.17, 15) is 33.4 Å². The smallest absolute Gasteiger partial charge is 0.330 e. The van der Waals surface area contributed by atoms with Crippen LogP contribution in [0.25, 0.3) is 0 Å². The summed E-state index contributed by atoms with van der Waals surface area (Å²) in [7, 11) is 0. The fraction of sp³-hybridized carbons (Fsp3) is 0.500. The Morgan fingerprint density at radius 1 is 1.28 bits per heavy atom. The number of alkyl halides is 2. The number of rotatable bonds is 11. The van der Waals surface area contributed by atoms with Crippen molar-refractivity contribution < 1.29 is 42.3 Å². The number of carbonyl (C=O) groups is 1. The molecule has 1 unspecified atom stereocenters. The fourth-order valence-corrected chi connectivity index (χ4v) is 6.14. The lowest BCUT2D eigenvalue weighted by molar-refractivity contribution is -0.192. The Morgan fingerprint density at radius 3 is 2.51 bits per heavy atom. The molecule has 2 heterocycles. The van der Waals surface area contributed by atoms with Crippen LogP contribution in [0.2, 0.25) is 5.02 Å². The molecule has 17 heteroatoms. The number of esters is 1. The van der Waals surface area contributed by atoms with E-state index in [2.05, 4.69) is 5.09 Å². The highest BCUT2D eigenvalue weighted by Gasteiger charge is 2.61. The third-order valence-corrected chi connectivity index (χ3v) is 8.26. The number of carbonyl (C=O) groups excluding carboxylic acids is 1. The maximum atomic E-state index is 14.5. The van der Waals surface area contributed by atoms with Gasteiger partial charge in [-0.15, -0.1) is 0 Å². The molecule has 1 aromatic heterocycles. The molecule has 1 aliphatic heterocycles. The van der Waals surface area contributed by atoms with Crippen LogP contribution in [-0.4, -0.2) is 68.7 Å². The summed E-state index contributed by atoms with van der Waals surface area (Å²) in [5, 5.41) is 23.4. The van der Waals surface area contributed by atoms with Gasteiger partial charge in [0, 0.05) is 6.20 Å². The number of benzene rings is 1. The molecule has 39 heavy (non-hydrogen) atoms. The molecular formula is C22H27ClF2N3O9PS. The number of nitrogens with zero attached hydrogens (tertiary/aromatic N) is 1. The number of para-hydroxylation sites is 1. The molecule has 0 aliphatic carbocycles. The molecule has 1 aromatic carbocycles. The predicted octanol–water partition coefficient (Wildman–Crippen LogP) is 1.69. The molecule has 12 nitrogen and oxygen atoms in total. The van der Waals surface area contributed by atoms with Crippen molar-refractivity contribution in [1.29, 1.82) is 0 Å². The van der Waals surface area contributed by atoms with E-state index in [4.69, 9.17) is 41.9 Å². The number of aliphatic hydroxyl groups excluding tert-OH is 2. The van der Waals surface area contributed by atoms with Crippen molar-refractivity contribution in [3.8, 4) is 5.75 Å². The number of halogens is 3. The van der Waals surface area contributed by atoms with Crippen LogP contribution in [0.1, 0.15) is 27.0 Å². The molecule has 3 rings (SSSR count). The van der Waals surface area contributed by atoms with E-state index in [0.717, 1.165) is 6.20 Å². The van der Waals surface area contributed by atoms with E-state index in [1.165, 1.54) is 19.1 Å². The Kier molecular flexibility index (Phi) is 10.0. The van der Waals surface area contributed by atoms with E-state index in [-0.39, 0.29) is 5.75 Å². The molecule has 1 saturated heterocycles. The van der Waals surface area contributed by atoms with Crippen molar-refractivity contribution in [3.63, 3.8) is 0 Å². The summed E-state index contributed by atoms with van der Waals surface area (Å²) in [5.41, 5.74) is -5.01. The van der Waals surface area contributed by atoms with Gasteiger partial charge in [0.25, 0.3) is 12.0 Å². The molecule has 2 aromatic rings. The van der Waals surface area contributed by atoms with Gasteiger partial charge in [-0.25, -0.2) is 18.7 Å². The van der Waals surface area contributed by atoms with Gasteiger partial charge in [-0.3, -0.25) is 19.1 Å². The number of aromatic nitrogens is 2. The Hall–Kier alpha value is -2.23. The van der Waals surface area contributed by atoms with Crippen molar-refractivity contribution in [1.82, 2.24) is 14.6 Å². The zero-order valence-corrected chi connectivity index (χ0v) is 23.3. The second-order valence-corrected chi connectivity index (χ2v) is 12.4. The number of ether oxygens (including phenoxy) is 2.